The molecular weight excluding hydrogens is 882 g/mol. The van der Waals surface area contributed by atoms with Gasteiger partial charge in [0.05, 0.1) is 11.0 Å². The number of hydrogen-bond donors (Lipinski definition) is 1. The molecule has 0 atom stereocenters. The Morgan fingerprint density at radius 2 is 1.19 bits per heavy atom. The molecule has 1 N–H and O–H groups in total. The van der Waals surface area contributed by atoms with Gasteiger partial charge in [-0.1, -0.05) is 179 Å². The van der Waals surface area contributed by atoms with Gasteiger partial charge in [0.2, 0.25) is 0 Å². The monoisotopic (exact) mass is 948 g/mol. The molecule has 3 aliphatic carbocycles. The smallest absolute Gasteiger partial charge is 0.198 e. The van der Waals surface area contributed by atoms with E-state index in [1.807, 2.05) is 0 Å². The minimum absolute atomic E-state index is 0.0462. The van der Waals surface area contributed by atoms with Gasteiger partial charge in [-0.05, 0) is 161 Å². The van der Waals surface area contributed by atoms with Gasteiger partial charge in [0.15, 0.2) is 7.28 Å². The number of benzene rings is 8. The van der Waals surface area contributed by atoms with E-state index < -0.39 is 0 Å². The summed E-state index contributed by atoms with van der Waals surface area (Å²) in [5, 5.41) is 8.22. The van der Waals surface area contributed by atoms with E-state index in [-0.39, 0.29) is 27.1 Å². The lowest BCUT2D eigenvalue weighted by Crippen LogP contribution is -2.38. The summed E-state index contributed by atoms with van der Waals surface area (Å²) in [6.45, 7) is 26.7. The summed E-state index contributed by atoms with van der Waals surface area (Å²) in [5.41, 5.74) is 30.5. The van der Waals surface area contributed by atoms with Crippen molar-refractivity contribution in [2.45, 2.75) is 116 Å². The molecule has 0 bridgehead atoms. The zero-order valence-corrected chi connectivity index (χ0v) is 44.9. The average Bonchev–Trinajstić information content (AvgIpc) is 4.02. The van der Waals surface area contributed by atoms with Gasteiger partial charge in [0.1, 0.15) is 0 Å². The molecule has 0 unspecified atom stereocenters. The number of hydrogen-bond acceptors (Lipinski definition) is 1. The van der Waals surface area contributed by atoms with Crippen molar-refractivity contribution in [3.05, 3.63) is 185 Å². The van der Waals surface area contributed by atoms with E-state index in [1.54, 1.807) is 0 Å². The molecule has 4 aliphatic rings. The van der Waals surface area contributed by atoms with Crippen LogP contribution in [0.25, 0.3) is 83.0 Å². The highest BCUT2D eigenvalue weighted by Gasteiger charge is 2.45. The molecule has 73 heavy (non-hydrogen) atoms. The van der Waals surface area contributed by atoms with E-state index in [1.165, 1.54) is 146 Å². The summed E-state index contributed by atoms with van der Waals surface area (Å²) in [6.07, 6.45) is 2.34. The van der Waals surface area contributed by atoms with Crippen LogP contribution in [0.3, 0.4) is 0 Å². The van der Waals surface area contributed by atoms with E-state index in [2.05, 4.69) is 243 Å². The first-order valence-electron chi connectivity index (χ1n) is 26.9. The molecule has 0 spiro atoms. The lowest BCUT2D eigenvalue weighted by atomic mass is 9.57. The second-order valence-electron chi connectivity index (χ2n) is 25.8. The molecule has 14 rings (SSSR count). The lowest BCUT2D eigenvalue weighted by molar-refractivity contribution is 0.332. The van der Waals surface area contributed by atoms with Crippen LogP contribution in [0.4, 0.5) is 11.4 Å². The molecule has 0 saturated carbocycles. The molecule has 4 heteroatoms. The molecule has 2 aromatic heterocycles. The van der Waals surface area contributed by atoms with Crippen LogP contribution < -0.4 is 16.2 Å². The molecule has 10 aromatic rings. The quantitative estimate of drug-likeness (QED) is 0.175. The largest absolute Gasteiger partial charge is 0.355 e. The predicted molar refractivity (Wildman–Crippen MR) is 313 cm³/mol. The highest BCUT2D eigenvalue weighted by molar-refractivity contribution is 6.74. The van der Waals surface area contributed by atoms with Crippen LogP contribution in [0.15, 0.2) is 146 Å². The standard InChI is InChI=1S/C69H66BN3/c1-65(2,3)41-26-28-42(29-27-41)71-54-36-50-45(43-22-16-18-24-48(43)68(50,8)9)34-46(54)61-62-59(44-23-17-19-25-49(44)69(62,10)11)60-47-35-51-52(67(6,7)31-30-66(51,4)5)37-57(47)73-58-38-56-40(32-53(58)70-63(61)64(60)73)33-55(72(56)12)39-20-14-13-15-21-39/h13-29,32-38,70-71H,30-31H2,1-12H3. The van der Waals surface area contributed by atoms with E-state index in [4.69, 9.17) is 0 Å². The van der Waals surface area contributed by atoms with Crippen molar-refractivity contribution in [3.8, 4) is 50.3 Å². The van der Waals surface area contributed by atoms with Gasteiger partial charge >= 0.3 is 0 Å². The Morgan fingerprint density at radius 1 is 0.548 bits per heavy atom. The molecule has 0 fully saturated rings. The van der Waals surface area contributed by atoms with Crippen molar-refractivity contribution >= 4 is 62.3 Å². The first-order chi connectivity index (χ1) is 34.7. The highest BCUT2D eigenvalue weighted by Crippen LogP contribution is 2.60. The molecular formula is C69H66BN3. The number of aryl methyl sites for hydroxylation is 1. The third kappa shape index (κ3) is 6.07. The van der Waals surface area contributed by atoms with Crippen LogP contribution in [-0.2, 0) is 34.1 Å². The molecule has 360 valence electrons. The normalized spacial score (nSPS) is 16.9. The van der Waals surface area contributed by atoms with Crippen LogP contribution in [0.5, 0.6) is 0 Å². The van der Waals surface area contributed by atoms with Gasteiger partial charge in [-0.2, -0.15) is 0 Å². The van der Waals surface area contributed by atoms with Crippen LogP contribution in [0, 0.1) is 0 Å². The Balaban J connectivity index is 1.16. The third-order valence-corrected chi connectivity index (χ3v) is 18.7. The number of anilines is 2. The molecule has 0 saturated heterocycles. The maximum Gasteiger partial charge on any atom is 0.198 e. The van der Waals surface area contributed by atoms with Crippen molar-refractivity contribution in [2.24, 2.45) is 7.05 Å². The Kier molecular flexibility index (Phi) is 8.92. The predicted octanol–water partition coefficient (Wildman–Crippen LogP) is 16.3. The second-order valence-corrected chi connectivity index (χ2v) is 25.8. The van der Waals surface area contributed by atoms with E-state index in [9.17, 15) is 0 Å². The number of nitrogens with zero attached hydrogens (tertiary/aromatic N) is 2. The maximum absolute atomic E-state index is 4.16. The van der Waals surface area contributed by atoms with Crippen LogP contribution in [0.2, 0.25) is 0 Å². The minimum Gasteiger partial charge on any atom is -0.355 e. The Labute approximate surface area is 432 Å². The highest BCUT2D eigenvalue weighted by atomic mass is 15.0. The average molecular weight is 948 g/mol. The Hall–Kier alpha value is -7.04. The van der Waals surface area contributed by atoms with E-state index >= 15 is 0 Å². The van der Waals surface area contributed by atoms with Crippen molar-refractivity contribution in [2.75, 3.05) is 5.32 Å². The fourth-order valence-electron chi connectivity index (χ4n) is 14.5. The summed E-state index contributed by atoms with van der Waals surface area (Å²) in [5.74, 6) is 0. The van der Waals surface area contributed by atoms with Gasteiger partial charge in [0.25, 0.3) is 0 Å². The number of rotatable bonds is 4. The molecule has 0 amide bonds. The van der Waals surface area contributed by atoms with Crippen LogP contribution >= 0.6 is 0 Å². The van der Waals surface area contributed by atoms with Crippen molar-refractivity contribution in [3.63, 3.8) is 0 Å². The Bertz CT molecular complexity index is 4050. The van der Waals surface area contributed by atoms with Crippen molar-refractivity contribution in [1.29, 1.82) is 0 Å². The minimum atomic E-state index is -0.300. The maximum atomic E-state index is 4.16. The third-order valence-electron chi connectivity index (χ3n) is 18.7. The number of nitrogens with one attached hydrogen (secondary N) is 1. The summed E-state index contributed by atoms with van der Waals surface area (Å²) in [7, 11) is 3.07. The van der Waals surface area contributed by atoms with Gasteiger partial charge in [0, 0.05) is 62.5 Å². The van der Waals surface area contributed by atoms with Gasteiger partial charge in [-0.3, -0.25) is 0 Å². The molecule has 0 radical (unpaired) electrons. The summed E-state index contributed by atoms with van der Waals surface area (Å²) in [4.78, 5) is 0. The number of fused-ring (bicyclic) bond motifs is 14. The Morgan fingerprint density at radius 3 is 1.89 bits per heavy atom. The molecule has 8 aromatic carbocycles. The van der Waals surface area contributed by atoms with Gasteiger partial charge < -0.3 is 14.5 Å². The zero-order valence-electron chi connectivity index (χ0n) is 44.9. The summed E-state index contributed by atoms with van der Waals surface area (Å²) >= 11 is 0. The molecule has 1 aliphatic heterocycles. The van der Waals surface area contributed by atoms with Gasteiger partial charge in [-0.25, -0.2) is 0 Å². The fourth-order valence-corrected chi connectivity index (χ4v) is 14.5. The van der Waals surface area contributed by atoms with E-state index in [0.29, 0.717) is 0 Å². The molecule has 3 heterocycles. The first kappa shape index (κ1) is 44.6. The SMILES string of the molecule is Cn1c(-c2ccccc2)cc2cc3c(cc21)-n1c2cc4c(cc2c2c5c(c(-c6cc7c(cc6Nc6ccc(C(C)(C)C)cc6)C(C)(C)c6ccccc6-7)c(c21)B3)C(C)(C)c1ccccc1-5)C(C)(C)CCC4(C)C. The topological polar surface area (TPSA) is 21.9 Å². The first-order valence-corrected chi connectivity index (χ1v) is 26.9. The number of aromatic nitrogens is 2. The summed E-state index contributed by atoms with van der Waals surface area (Å²) < 4.78 is 5.16. The van der Waals surface area contributed by atoms with E-state index in [0.717, 1.165) is 18.7 Å². The molecule has 3 nitrogen and oxygen atoms in total. The lowest BCUT2D eigenvalue weighted by Gasteiger charge is -2.42. The van der Waals surface area contributed by atoms with Crippen molar-refractivity contribution in [1.82, 2.24) is 9.13 Å². The summed E-state index contributed by atoms with van der Waals surface area (Å²) in [6, 6.07) is 56.6. The fraction of sp³-hybridized carbons (Fsp3) is 0.275. The van der Waals surface area contributed by atoms with Crippen LogP contribution in [0.1, 0.15) is 128 Å². The van der Waals surface area contributed by atoms with Crippen LogP contribution in [-0.4, -0.2) is 16.4 Å². The zero-order chi connectivity index (χ0) is 50.5. The van der Waals surface area contributed by atoms with Gasteiger partial charge in [-0.15, -0.1) is 0 Å². The second kappa shape index (κ2) is 14.6. The van der Waals surface area contributed by atoms with Crippen molar-refractivity contribution < 1.29 is 0 Å².